The predicted molar refractivity (Wildman–Crippen MR) is 72.7 cm³/mol. The van der Waals surface area contributed by atoms with Crippen molar-refractivity contribution in [2.24, 2.45) is 0 Å². The van der Waals surface area contributed by atoms with Crippen LogP contribution < -0.4 is 0 Å². The maximum Gasteiger partial charge on any atom is 0.310 e. The average Bonchev–Trinajstić information content (AvgIpc) is 2.70. The van der Waals surface area contributed by atoms with E-state index in [0.717, 1.165) is 16.5 Å². The Morgan fingerprint density at radius 2 is 2.06 bits per heavy atom. The Balaban J connectivity index is 2.47. The molecule has 96 valence electrons. The summed E-state index contributed by atoms with van der Waals surface area (Å²) in [6, 6.07) is 6.35. The van der Waals surface area contributed by atoms with Crippen molar-refractivity contribution in [2.45, 2.75) is 32.6 Å². The van der Waals surface area contributed by atoms with Gasteiger partial charge in [0.2, 0.25) is 0 Å². The van der Waals surface area contributed by atoms with Crippen LogP contribution in [0, 0.1) is 0 Å². The van der Waals surface area contributed by atoms with Gasteiger partial charge in [0, 0.05) is 17.1 Å². The molecule has 0 saturated carbocycles. The summed E-state index contributed by atoms with van der Waals surface area (Å²) < 4.78 is 4.72. The molecule has 1 heterocycles. The van der Waals surface area contributed by atoms with Crippen molar-refractivity contribution in [1.82, 2.24) is 4.98 Å². The van der Waals surface area contributed by atoms with E-state index in [0.29, 0.717) is 6.42 Å². The van der Waals surface area contributed by atoms with Gasteiger partial charge in [-0.1, -0.05) is 26.8 Å². The molecule has 0 unspecified atom stereocenters. The van der Waals surface area contributed by atoms with E-state index in [-0.39, 0.29) is 11.4 Å². The fourth-order valence-electron chi connectivity index (χ4n) is 2.02. The molecule has 18 heavy (non-hydrogen) atoms. The lowest BCUT2D eigenvalue weighted by atomic mass is 9.86. The van der Waals surface area contributed by atoms with Crippen molar-refractivity contribution in [1.29, 1.82) is 0 Å². The molecule has 2 aromatic rings. The van der Waals surface area contributed by atoms with Crippen LogP contribution in [-0.4, -0.2) is 18.1 Å². The van der Waals surface area contributed by atoms with E-state index in [9.17, 15) is 4.79 Å². The molecule has 0 aliphatic rings. The topological polar surface area (TPSA) is 42.1 Å². The van der Waals surface area contributed by atoms with Crippen LogP contribution in [-0.2, 0) is 21.4 Å². The minimum absolute atomic E-state index is 0.105. The summed E-state index contributed by atoms with van der Waals surface area (Å²) in [7, 11) is 1.41. The largest absolute Gasteiger partial charge is 0.469 e. The van der Waals surface area contributed by atoms with Crippen LogP contribution in [0.25, 0.3) is 10.9 Å². The number of aromatic nitrogens is 1. The van der Waals surface area contributed by atoms with Gasteiger partial charge >= 0.3 is 5.97 Å². The van der Waals surface area contributed by atoms with Crippen molar-refractivity contribution in [3.05, 3.63) is 35.5 Å². The predicted octanol–water partition coefficient (Wildman–Crippen LogP) is 3.18. The van der Waals surface area contributed by atoms with Gasteiger partial charge in [0.25, 0.3) is 0 Å². The molecule has 0 fully saturated rings. The van der Waals surface area contributed by atoms with E-state index in [1.54, 1.807) is 0 Å². The van der Waals surface area contributed by atoms with Crippen molar-refractivity contribution >= 4 is 16.9 Å². The number of carbonyl (C=O) groups excluding carboxylic acids is 1. The number of methoxy groups -OCH3 is 1. The number of carbonyl (C=O) groups is 1. The van der Waals surface area contributed by atoms with Crippen LogP contribution in [0.3, 0.4) is 0 Å². The minimum Gasteiger partial charge on any atom is -0.469 e. The third-order valence-corrected chi connectivity index (χ3v) is 3.20. The third kappa shape index (κ3) is 2.40. The zero-order valence-electron chi connectivity index (χ0n) is 11.3. The molecule has 0 atom stereocenters. The number of hydrogen-bond acceptors (Lipinski definition) is 2. The second-order valence-electron chi connectivity index (χ2n) is 5.58. The summed E-state index contributed by atoms with van der Waals surface area (Å²) >= 11 is 0. The van der Waals surface area contributed by atoms with Crippen LogP contribution in [0.5, 0.6) is 0 Å². The molecular weight excluding hydrogens is 226 g/mol. The molecule has 0 amide bonds. The number of hydrogen-bond donors (Lipinski definition) is 1. The van der Waals surface area contributed by atoms with Gasteiger partial charge in [0.1, 0.15) is 0 Å². The fourth-order valence-corrected chi connectivity index (χ4v) is 2.02. The second kappa shape index (κ2) is 4.48. The number of H-pyrrole nitrogens is 1. The first kappa shape index (κ1) is 12.7. The van der Waals surface area contributed by atoms with Crippen LogP contribution in [0.4, 0.5) is 0 Å². The highest BCUT2D eigenvalue weighted by Crippen LogP contribution is 2.27. The smallest absolute Gasteiger partial charge is 0.310 e. The quantitative estimate of drug-likeness (QED) is 0.826. The molecule has 0 saturated heterocycles. The maximum absolute atomic E-state index is 11.4. The minimum atomic E-state index is -0.211. The van der Waals surface area contributed by atoms with Gasteiger partial charge in [-0.05, 0) is 28.7 Å². The Kier molecular flexibility index (Phi) is 3.16. The van der Waals surface area contributed by atoms with E-state index in [1.807, 2.05) is 6.20 Å². The van der Waals surface area contributed by atoms with Crippen LogP contribution >= 0.6 is 0 Å². The van der Waals surface area contributed by atoms with Gasteiger partial charge in [-0.25, -0.2) is 0 Å². The lowest BCUT2D eigenvalue weighted by Crippen LogP contribution is -2.10. The van der Waals surface area contributed by atoms with Gasteiger partial charge in [-0.15, -0.1) is 0 Å². The number of fused-ring (bicyclic) bond motifs is 1. The summed E-state index contributed by atoms with van der Waals surface area (Å²) in [6.45, 7) is 6.54. The maximum atomic E-state index is 11.4. The first-order valence-corrected chi connectivity index (χ1v) is 6.09. The number of rotatable bonds is 2. The van der Waals surface area contributed by atoms with E-state index in [4.69, 9.17) is 4.74 Å². The van der Waals surface area contributed by atoms with Crippen LogP contribution in [0.15, 0.2) is 24.4 Å². The molecule has 1 aromatic heterocycles. The molecule has 1 N–H and O–H groups in total. The molecule has 3 heteroatoms. The third-order valence-electron chi connectivity index (χ3n) is 3.20. The van der Waals surface area contributed by atoms with Crippen LogP contribution in [0.1, 0.15) is 31.9 Å². The number of ether oxygens (including phenoxy) is 1. The molecular formula is C15H19NO2. The molecule has 3 nitrogen and oxygen atoms in total. The van der Waals surface area contributed by atoms with Crippen molar-refractivity contribution in [2.75, 3.05) is 7.11 Å². The zero-order chi connectivity index (χ0) is 13.3. The second-order valence-corrected chi connectivity index (χ2v) is 5.58. The summed E-state index contributed by atoms with van der Waals surface area (Å²) in [5.41, 5.74) is 3.42. The zero-order valence-corrected chi connectivity index (χ0v) is 11.3. The molecule has 0 radical (unpaired) electrons. The van der Waals surface area contributed by atoms with Gasteiger partial charge in [-0.3, -0.25) is 4.79 Å². The molecule has 0 aliphatic carbocycles. The Hall–Kier alpha value is -1.77. The average molecular weight is 245 g/mol. The summed E-state index contributed by atoms with van der Waals surface area (Å²) in [5, 5.41) is 1.10. The molecule has 0 bridgehead atoms. The summed E-state index contributed by atoms with van der Waals surface area (Å²) in [6.07, 6.45) is 2.19. The SMILES string of the molecule is COC(=O)Cc1c[nH]c2ccc(C(C)(C)C)cc12. The molecule has 1 aromatic carbocycles. The van der Waals surface area contributed by atoms with Gasteiger partial charge < -0.3 is 9.72 Å². The van der Waals surface area contributed by atoms with Crippen molar-refractivity contribution < 1.29 is 9.53 Å². The number of aromatic amines is 1. The normalized spacial score (nSPS) is 11.8. The number of nitrogens with one attached hydrogen (secondary N) is 1. The Morgan fingerprint density at radius 1 is 1.33 bits per heavy atom. The Morgan fingerprint density at radius 3 is 2.67 bits per heavy atom. The summed E-state index contributed by atoms with van der Waals surface area (Å²) in [5.74, 6) is -0.211. The molecule has 0 aliphatic heterocycles. The first-order valence-electron chi connectivity index (χ1n) is 6.09. The Bertz CT molecular complexity index is 576. The number of esters is 1. The standard InChI is InChI=1S/C15H19NO2/c1-15(2,3)11-5-6-13-12(8-11)10(9-16-13)7-14(17)18-4/h5-6,8-9,16H,7H2,1-4H3. The van der Waals surface area contributed by atoms with Gasteiger partial charge in [-0.2, -0.15) is 0 Å². The highest BCUT2D eigenvalue weighted by molar-refractivity contribution is 5.88. The van der Waals surface area contributed by atoms with Crippen molar-refractivity contribution in [3.63, 3.8) is 0 Å². The first-order chi connectivity index (χ1) is 8.41. The van der Waals surface area contributed by atoms with E-state index in [1.165, 1.54) is 12.7 Å². The number of benzene rings is 1. The molecule has 2 rings (SSSR count). The van der Waals surface area contributed by atoms with E-state index in [2.05, 4.69) is 44.0 Å². The highest BCUT2D eigenvalue weighted by atomic mass is 16.5. The van der Waals surface area contributed by atoms with E-state index >= 15 is 0 Å². The monoisotopic (exact) mass is 245 g/mol. The molecule has 0 spiro atoms. The highest BCUT2D eigenvalue weighted by Gasteiger charge is 2.16. The van der Waals surface area contributed by atoms with Crippen molar-refractivity contribution in [3.8, 4) is 0 Å². The van der Waals surface area contributed by atoms with Gasteiger partial charge in [0.15, 0.2) is 0 Å². The fraction of sp³-hybridized carbons (Fsp3) is 0.400. The lowest BCUT2D eigenvalue weighted by molar-refractivity contribution is -0.139. The van der Waals surface area contributed by atoms with E-state index < -0.39 is 0 Å². The van der Waals surface area contributed by atoms with Gasteiger partial charge in [0.05, 0.1) is 13.5 Å². The Labute approximate surface area is 107 Å². The summed E-state index contributed by atoms with van der Waals surface area (Å²) in [4.78, 5) is 14.6. The lowest BCUT2D eigenvalue weighted by Gasteiger charge is -2.19. The van der Waals surface area contributed by atoms with Crippen LogP contribution in [0.2, 0.25) is 0 Å².